The molecule has 22 heteroatoms. The molecule has 12 N–H and O–H groups in total. The van der Waals surface area contributed by atoms with Crippen LogP contribution in [-0.2, 0) is 51.2 Å². The Hall–Kier alpha value is -4.22. The second kappa shape index (κ2) is 24.2. The van der Waals surface area contributed by atoms with Crippen LogP contribution in [-0.4, -0.2) is 116 Å². The first-order valence-corrected chi connectivity index (χ1v) is 20.7. The molecule has 4 amide bonds. The highest BCUT2D eigenvalue weighted by Crippen LogP contribution is 2.24. The van der Waals surface area contributed by atoms with E-state index in [0.29, 0.717) is 9.75 Å². The number of nitrogens with two attached hydrogens (primary N) is 2. The van der Waals surface area contributed by atoms with Crippen molar-refractivity contribution < 1.29 is 58.8 Å². The number of carboxylic acid groups (broad SMARTS) is 4. The maximum Gasteiger partial charge on any atom is 0.326 e. The number of nitrogens with one attached hydrogen (secondary N) is 4. The summed E-state index contributed by atoms with van der Waals surface area (Å²) in [6, 6.07) is -0.729. The predicted octanol–water partition coefficient (Wildman–Crippen LogP) is 0.249. The van der Waals surface area contributed by atoms with E-state index in [1.54, 1.807) is 35.0 Å². The highest BCUT2D eigenvalue weighted by atomic mass is 33.1. The zero-order chi connectivity index (χ0) is 40.2. The summed E-state index contributed by atoms with van der Waals surface area (Å²) in [4.78, 5) is 99.7. The molecule has 0 spiro atoms. The summed E-state index contributed by atoms with van der Waals surface area (Å²) in [6.45, 7) is 0. The fourth-order valence-electron chi connectivity index (χ4n) is 4.55. The van der Waals surface area contributed by atoms with E-state index in [1.165, 1.54) is 22.7 Å². The van der Waals surface area contributed by atoms with Crippen molar-refractivity contribution in [2.45, 2.75) is 87.6 Å². The fraction of sp³-hybridized carbons (Fsp3) is 0.500. The maximum atomic E-state index is 13.4. The molecular formula is C32H44N6O12S4. The van der Waals surface area contributed by atoms with E-state index >= 15 is 0 Å². The van der Waals surface area contributed by atoms with Gasteiger partial charge in [-0.05, 0) is 48.6 Å². The predicted molar refractivity (Wildman–Crippen MR) is 203 cm³/mol. The van der Waals surface area contributed by atoms with Crippen molar-refractivity contribution in [3.05, 3.63) is 44.8 Å². The summed E-state index contributed by atoms with van der Waals surface area (Å²) in [5, 5.41) is 51.0. The van der Waals surface area contributed by atoms with Gasteiger partial charge in [-0.1, -0.05) is 33.7 Å². The highest BCUT2D eigenvalue weighted by molar-refractivity contribution is 8.76. The lowest BCUT2D eigenvalue weighted by molar-refractivity contribution is -0.142. The Morgan fingerprint density at radius 3 is 1.24 bits per heavy atom. The quantitative estimate of drug-likeness (QED) is 0.0426. The Bertz CT molecular complexity index is 1450. The van der Waals surface area contributed by atoms with E-state index < -0.39 is 83.8 Å². The zero-order valence-electron chi connectivity index (χ0n) is 28.8. The van der Waals surface area contributed by atoms with Crippen molar-refractivity contribution in [2.24, 2.45) is 11.5 Å². The molecule has 0 radical (unpaired) electrons. The molecule has 0 aliphatic carbocycles. The molecule has 0 unspecified atom stereocenters. The number of aliphatic carboxylic acids is 4. The van der Waals surface area contributed by atoms with Crippen LogP contribution < -0.4 is 32.7 Å². The van der Waals surface area contributed by atoms with Crippen LogP contribution in [0.3, 0.4) is 0 Å². The van der Waals surface area contributed by atoms with Gasteiger partial charge < -0.3 is 53.2 Å². The minimum absolute atomic E-state index is 0.0102. The van der Waals surface area contributed by atoms with Gasteiger partial charge in [0, 0.05) is 46.9 Å². The molecule has 0 bridgehead atoms. The molecule has 298 valence electrons. The van der Waals surface area contributed by atoms with Crippen LogP contribution in [0, 0.1) is 0 Å². The molecule has 0 saturated heterocycles. The van der Waals surface area contributed by atoms with Gasteiger partial charge in [-0.2, -0.15) is 0 Å². The fourth-order valence-corrected chi connectivity index (χ4v) is 8.38. The average molecular weight is 833 g/mol. The van der Waals surface area contributed by atoms with Crippen molar-refractivity contribution >= 4 is 91.8 Å². The molecule has 0 aliphatic heterocycles. The van der Waals surface area contributed by atoms with E-state index in [2.05, 4.69) is 21.3 Å². The van der Waals surface area contributed by atoms with Crippen LogP contribution in [0.25, 0.3) is 0 Å². The first-order chi connectivity index (χ1) is 25.6. The third kappa shape index (κ3) is 17.7. The number of carbonyl (C=O) groups excluding carboxylic acids is 4. The number of rotatable bonds is 27. The smallest absolute Gasteiger partial charge is 0.326 e. The number of thiophene rings is 2. The molecule has 2 heterocycles. The molecule has 0 fully saturated rings. The van der Waals surface area contributed by atoms with Crippen molar-refractivity contribution in [1.82, 2.24) is 21.3 Å². The van der Waals surface area contributed by atoms with Gasteiger partial charge >= 0.3 is 23.9 Å². The van der Waals surface area contributed by atoms with Gasteiger partial charge in [0.25, 0.3) is 0 Å². The van der Waals surface area contributed by atoms with Gasteiger partial charge in [0.2, 0.25) is 23.6 Å². The van der Waals surface area contributed by atoms with Gasteiger partial charge in [0.05, 0.1) is 0 Å². The van der Waals surface area contributed by atoms with E-state index in [-0.39, 0.29) is 62.9 Å². The number of amides is 4. The summed E-state index contributed by atoms with van der Waals surface area (Å²) in [6.07, 6.45) is -0.228. The minimum Gasteiger partial charge on any atom is -0.480 e. The lowest BCUT2D eigenvalue weighted by atomic mass is 10.1. The standard InChI is InChI=1S/C32H44N6O12S4/c33-19(29(43)44)7-1-9-25(39)35-23(27(41)37-21(31(47)48)13-17-5-3-11-51-17)15-53-54-16-24(36-26(40)10-2-8-20(34)30(45)46)28(42)38-22(32(49)50)14-18-6-4-12-52-18/h3-6,11-12,19-24H,1-2,7-10,13-16,33-34H2,(H,35,39)(H,36,40)(H,37,41)(H,38,42)(H,43,44)(H,45,46)(H,47,48)(H,49,50)/t19-,20-,21+,22+,23-,24-/m0/s1. The lowest BCUT2D eigenvalue weighted by Gasteiger charge is -2.23. The van der Waals surface area contributed by atoms with E-state index in [0.717, 1.165) is 21.6 Å². The number of carboxylic acids is 4. The van der Waals surface area contributed by atoms with Gasteiger partial charge in [-0.15, -0.1) is 22.7 Å². The van der Waals surface area contributed by atoms with Crippen molar-refractivity contribution in [2.75, 3.05) is 11.5 Å². The summed E-state index contributed by atoms with van der Waals surface area (Å²) in [5.74, 6) is -8.26. The second-order valence-electron chi connectivity index (χ2n) is 11.8. The Morgan fingerprint density at radius 1 is 0.574 bits per heavy atom. The Kier molecular flexibility index (Phi) is 20.6. The van der Waals surface area contributed by atoms with Crippen LogP contribution in [0.4, 0.5) is 0 Å². The summed E-state index contributed by atoms with van der Waals surface area (Å²) in [7, 11) is 2.00. The van der Waals surface area contributed by atoms with Crippen LogP contribution in [0.15, 0.2) is 35.0 Å². The molecule has 0 saturated carbocycles. The monoisotopic (exact) mass is 832 g/mol. The van der Waals surface area contributed by atoms with Gasteiger partial charge in [-0.3, -0.25) is 28.8 Å². The second-order valence-corrected chi connectivity index (χ2v) is 16.5. The molecule has 0 aromatic carbocycles. The SMILES string of the molecule is N[C@@H](CCCC(=O)N[C@@H](CSSC[C@H](NC(=O)CCC[C@H](N)C(=O)O)C(=O)N[C@H](Cc1cccs1)C(=O)O)C(=O)N[C@H](Cc1cccs1)C(=O)O)C(=O)O. The summed E-state index contributed by atoms with van der Waals surface area (Å²) < 4.78 is 0. The number of hydrogen-bond donors (Lipinski definition) is 10. The molecular weight excluding hydrogens is 789 g/mol. The van der Waals surface area contributed by atoms with Crippen molar-refractivity contribution in [3.63, 3.8) is 0 Å². The van der Waals surface area contributed by atoms with Crippen LogP contribution in [0.1, 0.15) is 48.3 Å². The highest BCUT2D eigenvalue weighted by Gasteiger charge is 2.30. The van der Waals surface area contributed by atoms with Crippen molar-refractivity contribution in [3.8, 4) is 0 Å². The Balaban J connectivity index is 2.15. The molecule has 2 aromatic rings. The largest absolute Gasteiger partial charge is 0.480 e. The minimum atomic E-state index is -1.33. The first kappa shape index (κ1) is 45.9. The number of carbonyl (C=O) groups is 8. The molecule has 18 nitrogen and oxygen atoms in total. The molecule has 2 rings (SSSR count). The average Bonchev–Trinajstić information content (AvgIpc) is 3.82. The maximum absolute atomic E-state index is 13.4. The normalized spacial score (nSPS) is 14.3. The van der Waals surface area contributed by atoms with E-state index in [1.807, 2.05) is 0 Å². The van der Waals surface area contributed by atoms with Gasteiger partial charge in [-0.25, -0.2) is 9.59 Å². The topological polar surface area (TPSA) is 318 Å². The zero-order valence-corrected chi connectivity index (χ0v) is 32.1. The molecule has 0 aliphatic rings. The number of hydrogen-bond acceptors (Lipinski definition) is 14. The summed E-state index contributed by atoms with van der Waals surface area (Å²) >= 11 is 2.60. The van der Waals surface area contributed by atoms with E-state index in [4.69, 9.17) is 21.7 Å². The van der Waals surface area contributed by atoms with Crippen LogP contribution >= 0.6 is 44.3 Å². The Morgan fingerprint density at radius 2 is 0.944 bits per heavy atom. The van der Waals surface area contributed by atoms with Crippen LogP contribution in [0.5, 0.6) is 0 Å². The van der Waals surface area contributed by atoms with Gasteiger partial charge in [0.1, 0.15) is 36.3 Å². The van der Waals surface area contributed by atoms with E-state index in [9.17, 15) is 48.6 Å². The Labute approximate surface area is 326 Å². The van der Waals surface area contributed by atoms with Crippen LogP contribution in [0.2, 0.25) is 0 Å². The third-order valence-electron chi connectivity index (χ3n) is 7.53. The molecule has 54 heavy (non-hydrogen) atoms. The summed E-state index contributed by atoms with van der Waals surface area (Å²) in [5.41, 5.74) is 11.0. The lowest BCUT2D eigenvalue weighted by Crippen LogP contribution is -2.53. The van der Waals surface area contributed by atoms with Gasteiger partial charge in [0.15, 0.2) is 0 Å². The third-order valence-corrected chi connectivity index (χ3v) is 11.7. The molecule has 6 atom stereocenters. The van der Waals surface area contributed by atoms with Crippen molar-refractivity contribution in [1.29, 1.82) is 0 Å². The first-order valence-electron chi connectivity index (χ1n) is 16.5. The molecule has 2 aromatic heterocycles.